The van der Waals surface area contributed by atoms with Gasteiger partial charge in [0.1, 0.15) is 11.4 Å². The molecule has 5 nitrogen and oxygen atoms in total. The number of anilines is 2. The molecule has 0 saturated carbocycles. The molecule has 1 N–H and O–H groups in total. The standard InChI is InChI=1S/C19H25N3O2/c1-5-22(6-2)15-11-12-20-17(13-15)19(23)21-16-9-7-8-10-18(16)24-14(3)4/h7-14H,5-6H2,1-4H3,(H,21,23). The third kappa shape index (κ3) is 4.47. The van der Waals surface area contributed by atoms with Crippen LogP contribution in [-0.2, 0) is 0 Å². The van der Waals surface area contributed by atoms with E-state index in [1.807, 2.05) is 50.2 Å². The monoisotopic (exact) mass is 327 g/mol. The number of benzene rings is 1. The Hall–Kier alpha value is -2.56. The van der Waals surface area contributed by atoms with E-state index in [1.54, 1.807) is 6.20 Å². The van der Waals surface area contributed by atoms with Gasteiger partial charge in [-0.1, -0.05) is 12.1 Å². The van der Waals surface area contributed by atoms with Gasteiger partial charge in [0.25, 0.3) is 5.91 Å². The van der Waals surface area contributed by atoms with E-state index in [1.165, 1.54) is 0 Å². The molecule has 1 aromatic carbocycles. The van der Waals surface area contributed by atoms with E-state index in [0.717, 1.165) is 18.8 Å². The number of para-hydroxylation sites is 2. The number of pyridine rings is 1. The van der Waals surface area contributed by atoms with E-state index in [-0.39, 0.29) is 12.0 Å². The normalized spacial score (nSPS) is 10.5. The molecule has 0 spiro atoms. The van der Waals surface area contributed by atoms with E-state index in [9.17, 15) is 4.79 Å². The number of hydrogen-bond acceptors (Lipinski definition) is 4. The molecule has 24 heavy (non-hydrogen) atoms. The number of carbonyl (C=O) groups excluding carboxylic acids is 1. The lowest BCUT2D eigenvalue weighted by Crippen LogP contribution is -2.23. The van der Waals surface area contributed by atoms with Gasteiger partial charge in [-0.25, -0.2) is 0 Å². The van der Waals surface area contributed by atoms with Crippen LogP contribution in [0.2, 0.25) is 0 Å². The van der Waals surface area contributed by atoms with Crippen LogP contribution in [0.4, 0.5) is 11.4 Å². The number of aromatic nitrogens is 1. The summed E-state index contributed by atoms with van der Waals surface area (Å²) in [6, 6.07) is 11.1. The van der Waals surface area contributed by atoms with Gasteiger partial charge in [0.15, 0.2) is 0 Å². The van der Waals surface area contributed by atoms with Crippen molar-refractivity contribution in [2.75, 3.05) is 23.3 Å². The zero-order chi connectivity index (χ0) is 17.5. The lowest BCUT2D eigenvalue weighted by atomic mass is 10.2. The molecule has 1 amide bonds. The van der Waals surface area contributed by atoms with Gasteiger partial charge in [0, 0.05) is 25.0 Å². The number of nitrogens with zero attached hydrogens (tertiary/aromatic N) is 2. The molecule has 0 fully saturated rings. The van der Waals surface area contributed by atoms with Gasteiger partial charge in [0.2, 0.25) is 0 Å². The fourth-order valence-electron chi connectivity index (χ4n) is 2.44. The van der Waals surface area contributed by atoms with Crippen molar-refractivity contribution < 1.29 is 9.53 Å². The fourth-order valence-corrected chi connectivity index (χ4v) is 2.44. The number of amides is 1. The molecular formula is C19H25N3O2. The first kappa shape index (κ1) is 17.8. The molecule has 1 heterocycles. The highest BCUT2D eigenvalue weighted by molar-refractivity contribution is 6.04. The first-order chi connectivity index (χ1) is 11.5. The summed E-state index contributed by atoms with van der Waals surface area (Å²) in [5, 5.41) is 2.89. The average molecular weight is 327 g/mol. The van der Waals surface area contributed by atoms with Crippen molar-refractivity contribution in [1.82, 2.24) is 4.98 Å². The topological polar surface area (TPSA) is 54.5 Å². The first-order valence-electron chi connectivity index (χ1n) is 8.33. The minimum Gasteiger partial charge on any atom is -0.489 e. The maximum Gasteiger partial charge on any atom is 0.274 e. The average Bonchev–Trinajstić information content (AvgIpc) is 2.57. The maximum atomic E-state index is 12.6. The van der Waals surface area contributed by atoms with Gasteiger partial charge in [-0.3, -0.25) is 9.78 Å². The number of carbonyl (C=O) groups is 1. The maximum absolute atomic E-state index is 12.6. The molecule has 2 rings (SSSR count). The Kier molecular flexibility index (Phi) is 6.18. The minimum atomic E-state index is -0.246. The van der Waals surface area contributed by atoms with Crippen LogP contribution < -0.4 is 15.0 Å². The summed E-state index contributed by atoms with van der Waals surface area (Å²) in [6.45, 7) is 9.84. The van der Waals surface area contributed by atoms with Gasteiger partial charge >= 0.3 is 0 Å². The molecule has 0 aliphatic carbocycles. The molecule has 0 aliphatic rings. The quantitative estimate of drug-likeness (QED) is 0.836. The molecule has 0 bridgehead atoms. The zero-order valence-electron chi connectivity index (χ0n) is 14.7. The van der Waals surface area contributed by atoms with Gasteiger partial charge in [-0.05, 0) is 52.0 Å². The van der Waals surface area contributed by atoms with Crippen molar-refractivity contribution in [2.24, 2.45) is 0 Å². The molecule has 128 valence electrons. The van der Waals surface area contributed by atoms with E-state index in [0.29, 0.717) is 17.1 Å². The molecular weight excluding hydrogens is 302 g/mol. The SMILES string of the molecule is CCN(CC)c1ccnc(C(=O)Nc2ccccc2OC(C)C)c1. The van der Waals surface area contributed by atoms with E-state index < -0.39 is 0 Å². The van der Waals surface area contributed by atoms with E-state index in [2.05, 4.69) is 29.0 Å². The third-order valence-electron chi connectivity index (χ3n) is 3.60. The van der Waals surface area contributed by atoms with Crippen molar-refractivity contribution in [1.29, 1.82) is 0 Å². The predicted octanol–water partition coefficient (Wildman–Crippen LogP) is 3.97. The van der Waals surface area contributed by atoms with Crippen LogP contribution in [-0.4, -0.2) is 30.1 Å². The number of ether oxygens (including phenoxy) is 1. The van der Waals surface area contributed by atoms with Gasteiger partial charge in [0.05, 0.1) is 11.8 Å². The molecule has 0 atom stereocenters. The molecule has 0 radical (unpaired) electrons. The Labute approximate surface area is 143 Å². The summed E-state index contributed by atoms with van der Waals surface area (Å²) < 4.78 is 5.74. The van der Waals surface area contributed by atoms with Crippen molar-refractivity contribution in [2.45, 2.75) is 33.8 Å². The predicted molar refractivity (Wildman–Crippen MR) is 98.0 cm³/mol. The Morgan fingerprint density at radius 2 is 1.92 bits per heavy atom. The number of hydrogen-bond donors (Lipinski definition) is 1. The number of nitrogens with one attached hydrogen (secondary N) is 1. The van der Waals surface area contributed by atoms with Crippen molar-refractivity contribution in [3.05, 3.63) is 48.3 Å². The second kappa shape index (κ2) is 8.34. The Morgan fingerprint density at radius 1 is 1.21 bits per heavy atom. The highest BCUT2D eigenvalue weighted by Gasteiger charge is 2.13. The summed E-state index contributed by atoms with van der Waals surface area (Å²) in [7, 11) is 0. The van der Waals surface area contributed by atoms with E-state index >= 15 is 0 Å². The Balaban J connectivity index is 2.20. The van der Waals surface area contributed by atoms with Crippen LogP contribution in [0.15, 0.2) is 42.6 Å². The zero-order valence-corrected chi connectivity index (χ0v) is 14.7. The summed E-state index contributed by atoms with van der Waals surface area (Å²) in [4.78, 5) is 18.9. The van der Waals surface area contributed by atoms with Crippen LogP contribution in [0, 0.1) is 0 Å². The summed E-state index contributed by atoms with van der Waals surface area (Å²) in [5.41, 5.74) is 2.02. The fraction of sp³-hybridized carbons (Fsp3) is 0.368. The molecule has 0 aliphatic heterocycles. The third-order valence-corrected chi connectivity index (χ3v) is 3.60. The van der Waals surface area contributed by atoms with Crippen LogP contribution in [0.3, 0.4) is 0 Å². The molecule has 5 heteroatoms. The highest BCUT2D eigenvalue weighted by Crippen LogP contribution is 2.25. The van der Waals surface area contributed by atoms with Crippen LogP contribution in [0.5, 0.6) is 5.75 Å². The lowest BCUT2D eigenvalue weighted by molar-refractivity contribution is 0.102. The molecule has 1 aromatic heterocycles. The number of rotatable bonds is 7. The van der Waals surface area contributed by atoms with Crippen LogP contribution in [0.25, 0.3) is 0 Å². The largest absolute Gasteiger partial charge is 0.489 e. The van der Waals surface area contributed by atoms with Crippen molar-refractivity contribution >= 4 is 17.3 Å². The van der Waals surface area contributed by atoms with Crippen molar-refractivity contribution in [3.63, 3.8) is 0 Å². The van der Waals surface area contributed by atoms with Gasteiger partial charge in [-0.15, -0.1) is 0 Å². The summed E-state index contributed by atoms with van der Waals surface area (Å²) in [6.07, 6.45) is 1.70. The van der Waals surface area contributed by atoms with Crippen LogP contribution in [0.1, 0.15) is 38.2 Å². The smallest absolute Gasteiger partial charge is 0.274 e. The van der Waals surface area contributed by atoms with Crippen LogP contribution >= 0.6 is 0 Å². The molecule has 0 unspecified atom stereocenters. The second-order valence-corrected chi connectivity index (χ2v) is 5.69. The minimum absolute atomic E-state index is 0.0344. The van der Waals surface area contributed by atoms with Gasteiger partial charge < -0.3 is 15.0 Å². The first-order valence-corrected chi connectivity index (χ1v) is 8.33. The lowest BCUT2D eigenvalue weighted by Gasteiger charge is -2.21. The Bertz CT molecular complexity index is 682. The molecule has 2 aromatic rings. The van der Waals surface area contributed by atoms with Gasteiger partial charge in [-0.2, -0.15) is 0 Å². The summed E-state index contributed by atoms with van der Waals surface area (Å²) >= 11 is 0. The Morgan fingerprint density at radius 3 is 2.58 bits per heavy atom. The highest BCUT2D eigenvalue weighted by atomic mass is 16.5. The second-order valence-electron chi connectivity index (χ2n) is 5.69. The van der Waals surface area contributed by atoms with E-state index in [4.69, 9.17) is 4.74 Å². The summed E-state index contributed by atoms with van der Waals surface area (Å²) in [5.74, 6) is 0.407. The van der Waals surface area contributed by atoms with Crippen molar-refractivity contribution in [3.8, 4) is 5.75 Å². The molecule has 0 saturated heterocycles.